The molecule has 1 aliphatic heterocycles. The summed E-state index contributed by atoms with van der Waals surface area (Å²) in [5.41, 5.74) is 13.9. The maximum Gasteiger partial charge on any atom is 0.128 e. The van der Waals surface area contributed by atoms with Gasteiger partial charge in [0.15, 0.2) is 0 Å². The molecule has 0 bridgehead atoms. The van der Waals surface area contributed by atoms with E-state index in [1.165, 1.54) is 0 Å². The van der Waals surface area contributed by atoms with Gasteiger partial charge in [-0.2, -0.15) is 0 Å². The van der Waals surface area contributed by atoms with Gasteiger partial charge < -0.3 is 20.9 Å². The van der Waals surface area contributed by atoms with Gasteiger partial charge in [0.05, 0.1) is 25.9 Å². The maximum atomic E-state index is 6.15. The van der Waals surface area contributed by atoms with E-state index in [2.05, 4.69) is 4.98 Å². The summed E-state index contributed by atoms with van der Waals surface area (Å²) in [6.45, 7) is 3.69. The van der Waals surface area contributed by atoms with Crippen molar-refractivity contribution < 1.29 is 9.47 Å². The van der Waals surface area contributed by atoms with E-state index < -0.39 is 0 Å². The SMILES string of the molecule is Cc1ccnc(N)c1C(N)C1COCCO1. The molecule has 1 aliphatic rings. The summed E-state index contributed by atoms with van der Waals surface area (Å²) in [4.78, 5) is 4.06. The van der Waals surface area contributed by atoms with Gasteiger partial charge in [0.1, 0.15) is 11.9 Å². The van der Waals surface area contributed by atoms with Crippen LogP contribution in [0, 0.1) is 6.92 Å². The Hall–Kier alpha value is -1.17. The van der Waals surface area contributed by atoms with E-state index in [4.69, 9.17) is 20.9 Å². The second-order valence-corrected chi connectivity index (χ2v) is 3.94. The largest absolute Gasteiger partial charge is 0.383 e. The van der Waals surface area contributed by atoms with Crippen molar-refractivity contribution in [2.75, 3.05) is 25.6 Å². The Morgan fingerprint density at radius 1 is 1.50 bits per heavy atom. The van der Waals surface area contributed by atoms with E-state index in [1.54, 1.807) is 6.20 Å². The summed E-state index contributed by atoms with van der Waals surface area (Å²) >= 11 is 0. The molecule has 0 amide bonds. The first-order valence-electron chi connectivity index (χ1n) is 5.36. The van der Waals surface area contributed by atoms with Crippen molar-refractivity contribution in [3.63, 3.8) is 0 Å². The molecular formula is C11H17N3O2. The van der Waals surface area contributed by atoms with Crippen LogP contribution in [-0.2, 0) is 9.47 Å². The van der Waals surface area contributed by atoms with Gasteiger partial charge in [0.25, 0.3) is 0 Å². The number of rotatable bonds is 2. The topological polar surface area (TPSA) is 83.4 Å². The summed E-state index contributed by atoms with van der Waals surface area (Å²) in [5.74, 6) is 0.474. The first-order valence-corrected chi connectivity index (χ1v) is 5.36. The van der Waals surface area contributed by atoms with Crippen molar-refractivity contribution >= 4 is 5.82 Å². The lowest BCUT2D eigenvalue weighted by atomic mass is 9.98. The number of anilines is 1. The molecule has 5 nitrogen and oxygen atoms in total. The van der Waals surface area contributed by atoms with Crippen LogP contribution in [0.4, 0.5) is 5.82 Å². The van der Waals surface area contributed by atoms with Crippen molar-refractivity contribution in [1.82, 2.24) is 4.98 Å². The van der Waals surface area contributed by atoms with E-state index in [0.29, 0.717) is 25.6 Å². The molecule has 0 aliphatic carbocycles. The van der Waals surface area contributed by atoms with Crippen LogP contribution in [0.5, 0.6) is 0 Å². The number of aromatic nitrogens is 1. The highest BCUT2D eigenvalue weighted by Gasteiger charge is 2.26. The minimum Gasteiger partial charge on any atom is -0.383 e. The zero-order valence-corrected chi connectivity index (χ0v) is 9.35. The molecule has 88 valence electrons. The minimum absolute atomic E-state index is 0.140. The van der Waals surface area contributed by atoms with E-state index in [-0.39, 0.29) is 12.1 Å². The lowest BCUT2D eigenvalue weighted by molar-refractivity contribution is -0.0975. The number of nitrogens with zero attached hydrogens (tertiary/aromatic N) is 1. The average Bonchev–Trinajstić information content (AvgIpc) is 2.30. The summed E-state index contributed by atoms with van der Waals surface area (Å²) in [6.07, 6.45) is 1.54. The number of aryl methyl sites for hydroxylation is 1. The fourth-order valence-electron chi connectivity index (χ4n) is 1.92. The normalized spacial score (nSPS) is 23.0. The van der Waals surface area contributed by atoms with Crippen LogP contribution in [0.3, 0.4) is 0 Å². The Labute approximate surface area is 94.7 Å². The lowest BCUT2D eigenvalue weighted by Crippen LogP contribution is -2.38. The first kappa shape index (κ1) is 11.3. The van der Waals surface area contributed by atoms with Gasteiger partial charge >= 0.3 is 0 Å². The highest BCUT2D eigenvalue weighted by molar-refractivity contribution is 5.46. The molecule has 1 saturated heterocycles. The molecular weight excluding hydrogens is 206 g/mol. The van der Waals surface area contributed by atoms with Gasteiger partial charge in [-0.05, 0) is 18.6 Å². The van der Waals surface area contributed by atoms with Gasteiger partial charge in [-0.25, -0.2) is 4.98 Å². The molecule has 4 N–H and O–H groups in total. The third-order valence-electron chi connectivity index (χ3n) is 2.81. The number of pyridine rings is 1. The lowest BCUT2D eigenvalue weighted by Gasteiger charge is -2.29. The van der Waals surface area contributed by atoms with Crippen LogP contribution in [0.2, 0.25) is 0 Å². The van der Waals surface area contributed by atoms with Crippen molar-refractivity contribution in [2.45, 2.75) is 19.1 Å². The molecule has 2 atom stereocenters. The fraction of sp³-hybridized carbons (Fsp3) is 0.545. The predicted molar refractivity (Wildman–Crippen MR) is 60.9 cm³/mol. The molecule has 1 fully saturated rings. The maximum absolute atomic E-state index is 6.15. The van der Waals surface area contributed by atoms with Crippen molar-refractivity contribution in [2.24, 2.45) is 5.73 Å². The number of nitrogens with two attached hydrogens (primary N) is 2. The van der Waals surface area contributed by atoms with Crippen LogP contribution in [0.15, 0.2) is 12.3 Å². The molecule has 2 unspecified atom stereocenters. The highest BCUT2D eigenvalue weighted by Crippen LogP contribution is 2.25. The van der Waals surface area contributed by atoms with Crippen LogP contribution in [0.25, 0.3) is 0 Å². The van der Waals surface area contributed by atoms with Gasteiger partial charge in [-0.3, -0.25) is 0 Å². The number of hydrogen-bond donors (Lipinski definition) is 2. The zero-order chi connectivity index (χ0) is 11.5. The molecule has 0 radical (unpaired) electrons. The van der Waals surface area contributed by atoms with Crippen LogP contribution in [-0.4, -0.2) is 30.9 Å². The average molecular weight is 223 g/mol. The number of ether oxygens (including phenoxy) is 2. The molecule has 2 rings (SSSR count). The molecule has 0 saturated carbocycles. The summed E-state index contributed by atoms with van der Waals surface area (Å²) in [6, 6.07) is 1.61. The highest BCUT2D eigenvalue weighted by atomic mass is 16.6. The smallest absolute Gasteiger partial charge is 0.128 e. The Bertz CT molecular complexity index is 344. The monoisotopic (exact) mass is 223 g/mol. The van der Waals surface area contributed by atoms with E-state index in [1.807, 2.05) is 13.0 Å². The summed E-state index contributed by atoms with van der Waals surface area (Å²) in [7, 11) is 0. The van der Waals surface area contributed by atoms with Crippen molar-refractivity contribution in [3.8, 4) is 0 Å². The quantitative estimate of drug-likeness (QED) is 0.757. The molecule has 1 aromatic heterocycles. The minimum atomic E-state index is -0.283. The molecule has 1 aromatic rings. The Balaban J connectivity index is 2.22. The second kappa shape index (κ2) is 4.78. The Morgan fingerprint density at radius 3 is 2.94 bits per heavy atom. The standard InChI is InChI=1S/C11H17N3O2/c1-7-2-3-14-11(13)9(7)10(12)8-6-15-4-5-16-8/h2-3,8,10H,4-6,12H2,1H3,(H2,13,14). The first-order chi connectivity index (χ1) is 7.70. The predicted octanol–water partition coefficient (Wildman–Crippen LogP) is 0.387. The van der Waals surface area contributed by atoms with Crippen LogP contribution < -0.4 is 11.5 Å². The Kier molecular flexibility index (Phi) is 3.38. The van der Waals surface area contributed by atoms with E-state index in [0.717, 1.165) is 11.1 Å². The number of nitrogen functional groups attached to an aromatic ring is 1. The molecule has 5 heteroatoms. The van der Waals surface area contributed by atoms with Gasteiger partial charge in [0.2, 0.25) is 0 Å². The summed E-state index contributed by atoms with van der Waals surface area (Å²) in [5, 5.41) is 0. The number of hydrogen-bond acceptors (Lipinski definition) is 5. The zero-order valence-electron chi connectivity index (χ0n) is 9.35. The summed E-state index contributed by atoms with van der Waals surface area (Å²) < 4.78 is 10.9. The molecule has 2 heterocycles. The Morgan fingerprint density at radius 2 is 2.31 bits per heavy atom. The van der Waals surface area contributed by atoms with Crippen molar-refractivity contribution in [3.05, 3.63) is 23.4 Å². The van der Waals surface area contributed by atoms with E-state index in [9.17, 15) is 0 Å². The van der Waals surface area contributed by atoms with Crippen LogP contribution >= 0.6 is 0 Å². The molecule has 0 aromatic carbocycles. The molecule has 0 spiro atoms. The fourth-order valence-corrected chi connectivity index (χ4v) is 1.92. The van der Waals surface area contributed by atoms with Gasteiger partial charge in [-0.1, -0.05) is 0 Å². The molecule has 16 heavy (non-hydrogen) atoms. The third-order valence-corrected chi connectivity index (χ3v) is 2.81. The van der Waals surface area contributed by atoms with Gasteiger partial charge in [-0.15, -0.1) is 0 Å². The van der Waals surface area contributed by atoms with Gasteiger partial charge in [0, 0.05) is 11.8 Å². The van der Waals surface area contributed by atoms with Crippen molar-refractivity contribution in [1.29, 1.82) is 0 Å². The second-order valence-electron chi connectivity index (χ2n) is 3.94. The third kappa shape index (κ3) is 2.16. The van der Waals surface area contributed by atoms with E-state index >= 15 is 0 Å². The van der Waals surface area contributed by atoms with Crippen LogP contribution in [0.1, 0.15) is 17.2 Å².